The van der Waals surface area contributed by atoms with Crippen LogP contribution in [0.25, 0.3) is 0 Å². The Balaban J connectivity index is 2.00. The molecule has 118 valence electrons. The molecule has 0 aromatic carbocycles. The molecule has 0 aromatic heterocycles. The van der Waals surface area contributed by atoms with Gasteiger partial charge in [0, 0.05) is 25.9 Å². The molecule has 0 saturated carbocycles. The highest BCUT2D eigenvalue weighted by atomic mass is 19.4. The van der Waals surface area contributed by atoms with E-state index in [2.05, 4.69) is 5.32 Å². The Hall–Kier alpha value is -0.330. The van der Waals surface area contributed by atoms with Crippen molar-refractivity contribution in [1.29, 1.82) is 0 Å². The van der Waals surface area contributed by atoms with Crippen molar-refractivity contribution >= 4 is 0 Å². The van der Waals surface area contributed by atoms with Gasteiger partial charge in [-0.25, -0.2) is 0 Å². The van der Waals surface area contributed by atoms with Gasteiger partial charge in [0.05, 0.1) is 12.0 Å². The SMILES string of the molecule is CCNC(CC(F)(F)F)C1CCOC2(CCOCC2)C1. The van der Waals surface area contributed by atoms with Crippen LogP contribution in [0.2, 0.25) is 0 Å². The van der Waals surface area contributed by atoms with Crippen LogP contribution in [0.4, 0.5) is 13.2 Å². The monoisotopic (exact) mass is 295 g/mol. The van der Waals surface area contributed by atoms with E-state index in [1.165, 1.54) is 0 Å². The second-order valence-electron chi connectivity index (χ2n) is 5.88. The van der Waals surface area contributed by atoms with Gasteiger partial charge in [0.15, 0.2) is 0 Å². The molecule has 2 aliphatic heterocycles. The van der Waals surface area contributed by atoms with E-state index in [1.807, 2.05) is 6.92 Å². The maximum absolute atomic E-state index is 12.7. The van der Waals surface area contributed by atoms with E-state index in [-0.39, 0.29) is 11.5 Å². The third-order valence-electron chi connectivity index (χ3n) is 4.42. The molecule has 2 heterocycles. The molecule has 0 bridgehead atoms. The highest BCUT2D eigenvalue weighted by Gasteiger charge is 2.43. The summed E-state index contributed by atoms with van der Waals surface area (Å²) in [5.41, 5.74) is -0.250. The molecule has 2 saturated heterocycles. The van der Waals surface area contributed by atoms with Gasteiger partial charge in [-0.1, -0.05) is 6.92 Å². The number of hydrogen-bond donors (Lipinski definition) is 1. The first kappa shape index (κ1) is 16.0. The smallest absolute Gasteiger partial charge is 0.381 e. The fourth-order valence-electron chi connectivity index (χ4n) is 3.42. The highest BCUT2D eigenvalue weighted by molar-refractivity contribution is 4.93. The van der Waals surface area contributed by atoms with E-state index in [0.717, 1.165) is 12.8 Å². The maximum Gasteiger partial charge on any atom is 0.390 e. The lowest BCUT2D eigenvalue weighted by Gasteiger charge is -2.45. The van der Waals surface area contributed by atoms with Crippen molar-refractivity contribution in [2.75, 3.05) is 26.4 Å². The zero-order chi connectivity index (χ0) is 14.6. The van der Waals surface area contributed by atoms with E-state index < -0.39 is 18.6 Å². The van der Waals surface area contributed by atoms with Gasteiger partial charge in [-0.05, 0) is 38.1 Å². The Morgan fingerprint density at radius 1 is 1.25 bits per heavy atom. The molecule has 0 aromatic rings. The van der Waals surface area contributed by atoms with Crippen molar-refractivity contribution in [2.45, 2.75) is 56.8 Å². The normalized spacial score (nSPS) is 28.5. The number of alkyl halides is 3. The standard InChI is InChI=1S/C14H24F3NO2/c1-2-18-12(10-14(15,16)17)11-3-6-20-13(9-11)4-7-19-8-5-13/h11-12,18H,2-10H2,1H3. The average molecular weight is 295 g/mol. The minimum Gasteiger partial charge on any atom is -0.381 e. The summed E-state index contributed by atoms with van der Waals surface area (Å²) in [6, 6.07) is -0.497. The Morgan fingerprint density at radius 2 is 1.95 bits per heavy atom. The van der Waals surface area contributed by atoms with Crippen LogP contribution in [0.5, 0.6) is 0 Å². The largest absolute Gasteiger partial charge is 0.390 e. The molecule has 0 aliphatic carbocycles. The van der Waals surface area contributed by atoms with Crippen molar-refractivity contribution < 1.29 is 22.6 Å². The van der Waals surface area contributed by atoms with Crippen molar-refractivity contribution in [3.05, 3.63) is 0 Å². The lowest BCUT2D eigenvalue weighted by Crippen LogP contribution is -2.50. The van der Waals surface area contributed by atoms with Crippen molar-refractivity contribution in [3.8, 4) is 0 Å². The van der Waals surface area contributed by atoms with Gasteiger partial charge in [-0.2, -0.15) is 13.2 Å². The second kappa shape index (κ2) is 6.62. The second-order valence-corrected chi connectivity index (χ2v) is 5.88. The molecule has 2 aliphatic rings. The maximum atomic E-state index is 12.7. The highest BCUT2D eigenvalue weighted by Crippen LogP contribution is 2.40. The number of nitrogens with one attached hydrogen (secondary N) is 1. The molecule has 0 radical (unpaired) electrons. The Labute approximate surface area is 118 Å². The summed E-state index contributed by atoms with van der Waals surface area (Å²) in [5.74, 6) is 0.0309. The van der Waals surface area contributed by atoms with Gasteiger partial charge in [-0.15, -0.1) is 0 Å². The van der Waals surface area contributed by atoms with Gasteiger partial charge in [0.25, 0.3) is 0 Å². The van der Waals surface area contributed by atoms with Gasteiger partial charge in [0.1, 0.15) is 0 Å². The topological polar surface area (TPSA) is 30.5 Å². The average Bonchev–Trinajstić information content (AvgIpc) is 2.38. The lowest BCUT2D eigenvalue weighted by molar-refractivity contribution is -0.167. The summed E-state index contributed by atoms with van der Waals surface area (Å²) in [5, 5.41) is 3.02. The summed E-state index contributed by atoms with van der Waals surface area (Å²) >= 11 is 0. The summed E-state index contributed by atoms with van der Waals surface area (Å²) in [6.45, 7) is 4.28. The molecule has 2 atom stereocenters. The van der Waals surface area contributed by atoms with Crippen LogP contribution in [-0.4, -0.2) is 44.2 Å². The van der Waals surface area contributed by atoms with Crippen LogP contribution in [0, 0.1) is 5.92 Å². The first-order chi connectivity index (χ1) is 9.44. The summed E-state index contributed by atoms with van der Waals surface area (Å²) in [7, 11) is 0. The predicted octanol–water partition coefficient (Wildman–Crippen LogP) is 2.89. The van der Waals surface area contributed by atoms with E-state index in [9.17, 15) is 13.2 Å². The van der Waals surface area contributed by atoms with E-state index in [4.69, 9.17) is 9.47 Å². The van der Waals surface area contributed by atoms with Crippen LogP contribution in [0.15, 0.2) is 0 Å². The van der Waals surface area contributed by atoms with E-state index >= 15 is 0 Å². The van der Waals surface area contributed by atoms with Crippen molar-refractivity contribution in [3.63, 3.8) is 0 Å². The molecular formula is C14H24F3NO2. The quantitative estimate of drug-likeness (QED) is 0.865. The fourth-order valence-corrected chi connectivity index (χ4v) is 3.42. The number of hydrogen-bond acceptors (Lipinski definition) is 3. The minimum atomic E-state index is -4.12. The summed E-state index contributed by atoms with van der Waals surface area (Å²) in [4.78, 5) is 0. The molecule has 2 unspecified atom stereocenters. The molecular weight excluding hydrogens is 271 g/mol. The number of ether oxygens (including phenoxy) is 2. The van der Waals surface area contributed by atoms with Crippen LogP contribution in [0.3, 0.4) is 0 Å². The van der Waals surface area contributed by atoms with Gasteiger partial charge < -0.3 is 14.8 Å². The third kappa shape index (κ3) is 4.33. The van der Waals surface area contributed by atoms with Crippen LogP contribution < -0.4 is 5.32 Å². The Bertz CT molecular complexity index is 298. The lowest BCUT2D eigenvalue weighted by atomic mass is 9.77. The van der Waals surface area contributed by atoms with Gasteiger partial charge in [-0.3, -0.25) is 0 Å². The molecule has 6 heteroatoms. The number of rotatable bonds is 4. The first-order valence-corrected chi connectivity index (χ1v) is 7.46. The predicted molar refractivity (Wildman–Crippen MR) is 69.6 cm³/mol. The number of halogens is 3. The van der Waals surface area contributed by atoms with Crippen LogP contribution in [0.1, 0.15) is 39.0 Å². The van der Waals surface area contributed by atoms with Gasteiger partial charge in [0.2, 0.25) is 0 Å². The fraction of sp³-hybridized carbons (Fsp3) is 1.00. The molecule has 1 spiro atoms. The first-order valence-electron chi connectivity index (χ1n) is 7.46. The van der Waals surface area contributed by atoms with Gasteiger partial charge >= 0.3 is 6.18 Å². The zero-order valence-electron chi connectivity index (χ0n) is 12.0. The van der Waals surface area contributed by atoms with Crippen LogP contribution in [-0.2, 0) is 9.47 Å². The van der Waals surface area contributed by atoms with E-state index in [0.29, 0.717) is 39.2 Å². The van der Waals surface area contributed by atoms with Crippen LogP contribution >= 0.6 is 0 Å². The minimum absolute atomic E-state index is 0.0309. The third-order valence-corrected chi connectivity index (χ3v) is 4.42. The zero-order valence-corrected chi connectivity index (χ0v) is 12.0. The summed E-state index contributed by atoms with van der Waals surface area (Å²) in [6.07, 6.45) is -1.85. The Morgan fingerprint density at radius 3 is 2.55 bits per heavy atom. The molecule has 3 nitrogen and oxygen atoms in total. The molecule has 20 heavy (non-hydrogen) atoms. The Kier molecular flexibility index (Phi) is 5.31. The van der Waals surface area contributed by atoms with Crippen molar-refractivity contribution in [1.82, 2.24) is 5.32 Å². The summed E-state index contributed by atoms with van der Waals surface area (Å²) < 4.78 is 49.4. The molecule has 2 fully saturated rings. The molecule has 2 rings (SSSR count). The van der Waals surface area contributed by atoms with E-state index in [1.54, 1.807) is 0 Å². The molecule has 0 amide bonds. The van der Waals surface area contributed by atoms with Crippen molar-refractivity contribution in [2.24, 2.45) is 5.92 Å². The molecule has 1 N–H and O–H groups in total.